The topological polar surface area (TPSA) is 75.3 Å². The van der Waals surface area contributed by atoms with Gasteiger partial charge in [-0.25, -0.2) is 13.1 Å². The van der Waals surface area contributed by atoms with Gasteiger partial charge in [-0.05, 0) is 6.42 Å². The van der Waals surface area contributed by atoms with Crippen molar-refractivity contribution in [2.45, 2.75) is 13.3 Å². The molecule has 0 heterocycles. The third-order valence-corrected chi connectivity index (χ3v) is 1.74. The molecule has 0 rings (SSSR count). The van der Waals surface area contributed by atoms with E-state index < -0.39 is 10.0 Å². The molecule has 0 saturated carbocycles. The average molecular weight is 194 g/mol. The van der Waals surface area contributed by atoms with Crippen molar-refractivity contribution in [1.82, 2.24) is 10.0 Å². The fourth-order valence-electron chi connectivity index (χ4n) is 0.524. The van der Waals surface area contributed by atoms with Crippen LogP contribution in [0, 0.1) is 0 Å². The number of nitrogens with one attached hydrogen (secondary N) is 2. The second-order valence-electron chi connectivity index (χ2n) is 2.44. The molecule has 0 aliphatic heterocycles. The minimum atomic E-state index is -3.26. The predicted molar refractivity (Wildman–Crippen MR) is 46.1 cm³/mol. The SMILES string of the molecule is CCCNC(=O)CNS(C)(=O)=O. The van der Waals surface area contributed by atoms with E-state index in [-0.39, 0.29) is 12.5 Å². The zero-order chi connectivity index (χ0) is 9.61. The van der Waals surface area contributed by atoms with Gasteiger partial charge in [0.1, 0.15) is 0 Å². The molecule has 0 spiro atoms. The summed E-state index contributed by atoms with van der Waals surface area (Å²) in [4.78, 5) is 10.8. The molecular weight excluding hydrogens is 180 g/mol. The lowest BCUT2D eigenvalue weighted by Gasteiger charge is -2.02. The molecule has 0 aromatic heterocycles. The molecule has 72 valence electrons. The van der Waals surface area contributed by atoms with Crippen molar-refractivity contribution >= 4 is 15.9 Å². The van der Waals surface area contributed by atoms with Crippen LogP contribution in [0.15, 0.2) is 0 Å². The number of carbonyl (C=O) groups is 1. The van der Waals surface area contributed by atoms with Gasteiger partial charge in [-0.2, -0.15) is 0 Å². The molecule has 12 heavy (non-hydrogen) atoms. The van der Waals surface area contributed by atoms with Crippen LogP contribution in [0.3, 0.4) is 0 Å². The number of hydrogen-bond acceptors (Lipinski definition) is 3. The Morgan fingerprint density at radius 3 is 2.42 bits per heavy atom. The van der Waals surface area contributed by atoms with Gasteiger partial charge in [-0.3, -0.25) is 4.79 Å². The summed E-state index contributed by atoms with van der Waals surface area (Å²) in [5.74, 6) is -0.303. The maximum Gasteiger partial charge on any atom is 0.235 e. The molecule has 0 aliphatic carbocycles. The Hall–Kier alpha value is -0.620. The van der Waals surface area contributed by atoms with Crippen molar-refractivity contribution < 1.29 is 13.2 Å². The van der Waals surface area contributed by atoms with Crippen LogP contribution in [0.1, 0.15) is 13.3 Å². The number of rotatable bonds is 5. The molecule has 0 unspecified atom stereocenters. The maximum atomic E-state index is 10.8. The number of sulfonamides is 1. The Morgan fingerprint density at radius 1 is 1.42 bits per heavy atom. The molecule has 0 saturated heterocycles. The van der Waals surface area contributed by atoms with Crippen molar-refractivity contribution in [3.8, 4) is 0 Å². The summed E-state index contributed by atoms with van der Waals surface area (Å²) in [5.41, 5.74) is 0. The summed E-state index contributed by atoms with van der Waals surface area (Å²) in [6.07, 6.45) is 1.85. The lowest BCUT2D eigenvalue weighted by Crippen LogP contribution is -2.36. The van der Waals surface area contributed by atoms with E-state index in [9.17, 15) is 13.2 Å². The van der Waals surface area contributed by atoms with Crippen LogP contribution in [0.2, 0.25) is 0 Å². The third-order valence-electron chi connectivity index (χ3n) is 1.07. The van der Waals surface area contributed by atoms with Gasteiger partial charge in [0.15, 0.2) is 0 Å². The van der Waals surface area contributed by atoms with E-state index in [1.807, 2.05) is 6.92 Å². The summed E-state index contributed by atoms with van der Waals surface area (Å²) in [7, 11) is -3.26. The van der Waals surface area contributed by atoms with E-state index in [0.717, 1.165) is 12.7 Å². The van der Waals surface area contributed by atoms with E-state index in [1.165, 1.54) is 0 Å². The molecule has 0 atom stereocenters. The molecule has 0 aliphatic rings. The van der Waals surface area contributed by atoms with Crippen molar-refractivity contribution in [1.29, 1.82) is 0 Å². The highest BCUT2D eigenvalue weighted by atomic mass is 32.2. The largest absolute Gasteiger partial charge is 0.355 e. The summed E-state index contributed by atoms with van der Waals surface area (Å²) < 4.78 is 23.1. The molecule has 1 amide bonds. The molecule has 5 nitrogen and oxygen atoms in total. The van der Waals surface area contributed by atoms with E-state index in [4.69, 9.17) is 0 Å². The lowest BCUT2D eigenvalue weighted by atomic mass is 10.5. The van der Waals surface area contributed by atoms with Gasteiger partial charge >= 0.3 is 0 Å². The van der Waals surface area contributed by atoms with Crippen LogP contribution in [0.25, 0.3) is 0 Å². The van der Waals surface area contributed by atoms with E-state index >= 15 is 0 Å². The lowest BCUT2D eigenvalue weighted by molar-refractivity contribution is -0.119. The third kappa shape index (κ3) is 7.49. The molecule has 0 aromatic rings. The van der Waals surface area contributed by atoms with Gasteiger partial charge < -0.3 is 5.32 Å². The van der Waals surface area contributed by atoms with Crippen LogP contribution in [-0.2, 0) is 14.8 Å². The highest BCUT2D eigenvalue weighted by Crippen LogP contribution is 1.74. The predicted octanol–water partition coefficient (Wildman–Crippen LogP) is -0.938. The average Bonchev–Trinajstić information content (AvgIpc) is 1.95. The van der Waals surface area contributed by atoms with Gasteiger partial charge in [-0.1, -0.05) is 6.92 Å². The second kappa shape index (κ2) is 5.10. The summed E-state index contributed by atoms with van der Waals surface area (Å²) >= 11 is 0. The van der Waals surface area contributed by atoms with Crippen LogP contribution < -0.4 is 10.0 Å². The number of amides is 1. The highest BCUT2D eigenvalue weighted by Gasteiger charge is 2.04. The fourth-order valence-corrected chi connectivity index (χ4v) is 0.917. The first kappa shape index (κ1) is 11.4. The molecular formula is C6H14N2O3S. The Kier molecular flexibility index (Phi) is 4.84. The van der Waals surface area contributed by atoms with E-state index in [1.54, 1.807) is 0 Å². The van der Waals surface area contributed by atoms with Crippen molar-refractivity contribution in [3.63, 3.8) is 0 Å². The zero-order valence-corrected chi connectivity index (χ0v) is 8.07. The van der Waals surface area contributed by atoms with Gasteiger partial charge in [0.25, 0.3) is 0 Å². The number of hydrogen-bond donors (Lipinski definition) is 2. The molecule has 0 bridgehead atoms. The van der Waals surface area contributed by atoms with Gasteiger partial charge in [-0.15, -0.1) is 0 Å². The van der Waals surface area contributed by atoms with E-state index in [0.29, 0.717) is 6.54 Å². The summed E-state index contributed by atoms with van der Waals surface area (Å²) in [6, 6.07) is 0. The van der Waals surface area contributed by atoms with Crippen LogP contribution >= 0.6 is 0 Å². The Balaban J connectivity index is 3.58. The number of carbonyl (C=O) groups excluding carboxylic acids is 1. The summed E-state index contributed by atoms with van der Waals surface area (Å²) in [5, 5.41) is 2.54. The fraction of sp³-hybridized carbons (Fsp3) is 0.833. The van der Waals surface area contributed by atoms with Gasteiger partial charge in [0.2, 0.25) is 15.9 Å². The monoisotopic (exact) mass is 194 g/mol. The molecule has 0 aromatic carbocycles. The normalized spacial score (nSPS) is 11.2. The highest BCUT2D eigenvalue weighted by molar-refractivity contribution is 7.88. The standard InChI is InChI=1S/C6H14N2O3S/c1-3-4-7-6(9)5-8-12(2,10)11/h8H,3-5H2,1-2H3,(H,7,9). The molecule has 2 N–H and O–H groups in total. The first-order valence-electron chi connectivity index (χ1n) is 3.67. The van der Waals surface area contributed by atoms with Crippen LogP contribution in [0.4, 0.5) is 0 Å². The Labute approximate surface area is 72.6 Å². The van der Waals surface area contributed by atoms with Crippen molar-refractivity contribution in [2.75, 3.05) is 19.3 Å². The van der Waals surface area contributed by atoms with Crippen molar-refractivity contribution in [2.24, 2.45) is 0 Å². The van der Waals surface area contributed by atoms with Crippen LogP contribution in [-0.4, -0.2) is 33.7 Å². The quantitative estimate of drug-likeness (QED) is 0.593. The minimum Gasteiger partial charge on any atom is -0.355 e. The maximum absolute atomic E-state index is 10.8. The second-order valence-corrected chi connectivity index (χ2v) is 4.28. The van der Waals surface area contributed by atoms with Gasteiger partial charge in [0.05, 0.1) is 12.8 Å². The first-order valence-corrected chi connectivity index (χ1v) is 5.56. The Morgan fingerprint density at radius 2 is 2.00 bits per heavy atom. The summed E-state index contributed by atoms with van der Waals surface area (Å²) in [6.45, 7) is 2.31. The minimum absolute atomic E-state index is 0.182. The smallest absolute Gasteiger partial charge is 0.235 e. The molecule has 6 heteroatoms. The zero-order valence-electron chi connectivity index (χ0n) is 7.25. The first-order chi connectivity index (χ1) is 5.45. The molecule has 0 fully saturated rings. The van der Waals surface area contributed by atoms with Crippen molar-refractivity contribution in [3.05, 3.63) is 0 Å². The molecule has 0 radical (unpaired) electrons. The van der Waals surface area contributed by atoms with Gasteiger partial charge in [0, 0.05) is 6.54 Å². The van der Waals surface area contributed by atoms with Crippen LogP contribution in [0.5, 0.6) is 0 Å². The Bertz CT molecular complexity index is 235. The van der Waals surface area contributed by atoms with E-state index in [2.05, 4.69) is 10.0 Å².